The van der Waals surface area contributed by atoms with Crippen LogP contribution in [-0.2, 0) is 19.0 Å². The Balaban J connectivity index is 1.67. The van der Waals surface area contributed by atoms with Crippen molar-refractivity contribution in [1.82, 2.24) is 10.2 Å². The summed E-state index contributed by atoms with van der Waals surface area (Å²) in [5, 5.41) is 12.7. The van der Waals surface area contributed by atoms with E-state index in [1.54, 1.807) is 11.1 Å². The van der Waals surface area contributed by atoms with Crippen molar-refractivity contribution in [3.63, 3.8) is 0 Å². The van der Waals surface area contributed by atoms with Gasteiger partial charge in [0.2, 0.25) is 12.3 Å². The van der Waals surface area contributed by atoms with E-state index in [0.717, 1.165) is 0 Å². The molecule has 0 aromatic heterocycles. The molecule has 0 saturated carbocycles. The van der Waals surface area contributed by atoms with Crippen LogP contribution >= 0.6 is 0 Å². The number of nitrogens with zero attached hydrogens (tertiary/aromatic N) is 1. The molecule has 2 saturated heterocycles. The van der Waals surface area contributed by atoms with Gasteiger partial charge in [0.1, 0.15) is 18.3 Å². The Labute approximate surface area is 101 Å². The molecule has 7 heteroatoms. The first-order valence-corrected chi connectivity index (χ1v) is 5.27. The third kappa shape index (κ3) is 1.62. The van der Waals surface area contributed by atoms with Crippen LogP contribution in [0, 0.1) is 0 Å². The highest BCUT2D eigenvalue weighted by Crippen LogP contribution is 2.35. The van der Waals surface area contributed by atoms with Crippen molar-refractivity contribution in [1.29, 1.82) is 0 Å². The van der Waals surface area contributed by atoms with Crippen molar-refractivity contribution in [2.24, 2.45) is 0 Å². The molecule has 3 unspecified atom stereocenters. The van der Waals surface area contributed by atoms with Crippen LogP contribution < -0.4 is 5.32 Å². The highest BCUT2D eigenvalue weighted by Gasteiger charge is 2.54. The fourth-order valence-electron chi connectivity index (χ4n) is 2.29. The van der Waals surface area contributed by atoms with Gasteiger partial charge in [-0.05, 0) is 0 Å². The van der Waals surface area contributed by atoms with Gasteiger partial charge in [-0.2, -0.15) is 0 Å². The molecule has 0 aliphatic carbocycles. The molecule has 0 aromatic carbocycles. The smallest absolute Gasteiger partial charge is 0.248 e. The number of rotatable bonds is 2. The minimum absolute atomic E-state index is 0.0518. The van der Waals surface area contributed by atoms with Crippen LogP contribution in [0.3, 0.4) is 0 Å². The Kier molecular flexibility index (Phi) is 2.06. The van der Waals surface area contributed by atoms with E-state index >= 15 is 0 Å². The molecule has 6 atom stereocenters. The van der Waals surface area contributed by atoms with Crippen LogP contribution in [0.1, 0.15) is 2.74 Å². The molecule has 0 bridgehead atoms. The van der Waals surface area contributed by atoms with Crippen molar-refractivity contribution in [2.75, 3.05) is 13.7 Å². The summed E-state index contributed by atoms with van der Waals surface area (Å²) in [4.78, 5) is 12.8. The molecule has 17 heavy (non-hydrogen) atoms. The summed E-state index contributed by atoms with van der Waals surface area (Å²) in [6.45, 7) is -0.0518. The lowest BCUT2D eigenvalue weighted by Gasteiger charge is -2.29. The van der Waals surface area contributed by atoms with Gasteiger partial charge >= 0.3 is 0 Å². The molecule has 2 N–H and O–H groups in total. The van der Waals surface area contributed by atoms with E-state index in [2.05, 4.69) is 5.32 Å². The number of hydrogen-bond donors (Lipinski definition) is 2. The molecule has 2 fully saturated rings. The van der Waals surface area contributed by atoms with E-state index in [4.69, 9.17) is 17.0 Å². The number of methoxy groups -OCH3 is 1. The maximum atomic E-state index is 11.2. The fourth-order valence-corrected chi connectivity index (χ4v) is 2.29. The van der Waals surface area contributed by atoms with Gasteiger partial charge in [0.05, 0.1) is 9.35 Å². The zero-order chi connectivity index (χ0) is 13.6. The summed E-state index contributed by atoms with van der Waals surface area (Å²) < 4.78 is 29.8. The predicted molar refractivity (Wildman–Crippen MR) is 54.3 cm³/mol. The van der Waals surface area contributed by atoms with E-state index in [0.29, 0.717) is 0 Å². The van der Waals surface area contributed by atoms with Crippen LogP contribution in [0.5, 0.6) is 0 Å². The second kappa shape index (κ2) is 3.95. The molecular formula is C10H14N2O5. The number of nitrogens with one attached hydrogen (secondary N) is 1. The van der Waals surface area contributed by atoms with Crippen molar-refractivity contribution in [3.8, 4) is 0 Å². The molecule has 0 spiro atoms. The van der Waals surface area contributed by atoms with Gasteiger partial charge in [-0.25, -0.2) is 0 Å². The lowest BCUT2D eigenvalue weighted by Crippen LogP contribution is -2.48. The van der Waals surface area contributed by atoms with Gasteiger partial charge in [-0.3, -0.25) is 4.79 Å². The molecule has 3 aliphatic rings. The number of aliphatic hydroxyl groups is 1. The zero-order valence-corrected chi connectivity index (χ0v) is 8.85. The Hall–Kier alpha value is -1.15. The summed E-state index contributed by atoms with van der Waals surface area (Å²) in [6, 6.07) is 0. The lowest BCUT2D eigenvalue weighted by atomic mass is 10.1. The first-order chi connectivity index (χ1) is 9.06. The third-order valence-electron chi connectivity index (χ3n) is 3.09. The number of amides is 1. The average molecular weight is 245 g/mol. The molecule has 0 aromatic rings. The van der Waals surface area contributed by atoms with Gasteiger partial charge in [-0.15, -0.1) is 0 Å². The summed E-state index contributed by atoms with van der Waals surface area (Å²) in [6.07, 6.45) is -0.422. The number of carbonyl (C=O) groups is 1. The third-order valence-corrected chi connectivity index (χ3v) is 3.09. The minimum atomic E-state index is -1.42. The maximum Gasteiger partial charge on any atom is 0.248 e. The summed E-state index contributed by atoms with van der Waals surface area (Å²) in [7, 11) is -1.42. The molecule has 1 amide bonds. The van der Waals surface area contributed by atoms with Crippen LogP contribution in [0.4, 0.5) is 0 Å². The van der Waals surface area contributed by atoms with Gasteiger partial charge < -0.3 is 29.5 Å². The van der Waals surface area contributed by atoms with E-state index in [9.17, 15) is 9.90 Å². The Morgan fingerprint density at radius 1 is 1.82 bits per heavy atom. The lowest BCUT2D eigenvalue weighted by molar-refractivity contribution is -0.133. The van der Waals surface area contributed by atoms with Crippen LogP contribution in [0.2, 0.25) is 0 Å². The van der Waals surface area contributed by atoms with Gasteiger partial charge in [0, 0.05) is 19.3 Å². The monoisotopic (exact) mass is 245 g/mol. The highest BCUT2D eigenvalue weighted by molar-refractivity contribution is 5.88. The average Bonchev–Trinajstić information content (AvgIpc) is 2.84. The normalized spacial score (nSPS) is 47.0. The molecule has 7 nitrogen and oxygen atoms in total. The Morgan fingerprint density at radius 3 is 3.53 bits per heavy atom. The largest absolute Gasteiger partial charge is 0.387 e. The molecule has 0 radical (unpaired) electrons. The van der Waals surface area contributed by atoms with Crippen LogP contribution in [-0.4, -0.2) is 60.5 Å². The Morgan fingerprint density at radius 2 is 2.71 bits per heavy atom. The standard InChI is InChI=1S/C10H14N2O5/c1-15-4-5-7(14)8-9(16-5)12-3-2-6(13)11-10(12)17-8/h2-3,5,7-10,14H,4H2,1H3,(H,11,13)/t5-,7+,8?,9+,10?/m1/s1/i1TD/t1?,5-,7+,8?,9+,10?. The SMILES string of the molecule is [2H]C([3H])OC[C@H]1O[C@H]2C(OC3NC(=O)C=CN32)[C@H]1O. The first kappa shape index (κ1) is 8.87. The topological polar surface area (TPSA) is 80.3 Å². The number of hydrogen-bond acceptors (Lipinski definition) is 6. The number of ether oxygens (including phenoxy) is 3. The van der Waals surface area contributed by atoms with Crippen molar-refractivity contribution in [2.45, 2.75) is 30.9 Å². The van der Waals surface area contributed by atoms with E-state index in [1.807, 2.05) is 0 Å². The summed E-state index contributed by atoms with van der Waals surface area (Å²) in [5.74, 6) is -0.262. The predicted octanol–water partition coefficient (Wildman–Crippen LogP) is -1.65. The fraction of sp³-hybridized carbons (Fsp3) is 0.700. The second-order valence-electron chi connectivity index (χ2n) is 4.11. The van der Waals surface area contributed by atoms with Crippen molar-refractivity contribution in [3.05, 3.63) is 12.3 Å². The maximum absolute atomic E-state index is 11.2. The summed E-state index contributed by atoms with van der Waals surface area (Å²) >= 11 is 0. The second-order valence-corrected chi connectivity index (χ2v) is 4.11. The number of aliphatic hydroxyl groups excluding tert-OH is 1. The van der Waals surface area contributed by atoms with Crippen molar-refractivity contribution < 1.29 is 26.9 Å². The Bertz CT molecular complexity index is 407. The van der Waals surface area contributed by atoms with Crippen LogP contribution in [0.25, 0.3) is 0 Å². The van der Waals surface area contributed by atoms with Crippen molar-refractivity contribution >= 4 is 5.91 Å². The molecule has 3 aliphatic heterocycles. The highest BCUT2D eigenvalue weighted by atomic mass is 16.6. The van der Waals surface area contributed by atoms with Crippen LogP contribution in [0.15, 0.2) is 12.3 Å². The number of carbonyl (C=O) groups excluding carboxylic acids is 1. The molecular weight excluding hydrogens is 228 g/mol. The van der Waals surface area contributed by atoms with E-state index in [1.165, 1.54) is 6.08 Å². The number of fused-ring (bicyclic) bond motifs is 3. The molecule has 3 rings (SSSR count). The quantitative estimate of drug-likeness (QED) is 0.606. The molecule has 3 heterocycles. The van der Waals surface area contributed by atoms with Gasteiger partial charge in [0.15, 0.2) is 6.23 Å². The molecule has 94 valence electrons. The first-order valence-electron chi connectivity index (χ1n) is 6.43. The van der Waals surface area contributed by atoms with E-state index in [-0.39, 0.29) is 12.5 Å². The van der Waals surface area contributed by atoms with Gasteiger partial charge in [-0.1, -0.05) is 0 Å². The summed E-state index contributed by atoms with van der Waals surface area (Å²) in [5.41, 5.74) is 0. The van der Waals surface area contributed by atoms with E-state index < -0.39 is 38.0 Å². The zero-order valence-electron chi connectivity index (χ0n) is 10.9. The van der Waals surface area contributed by atoms with Gasteiger partial charge in [0.25, 0.3) is 0 Å². The minimum Gasteiger partial charge on any atom is -0.387 e.